The minimum atomic E-state index is 0.158. The third kappa shape index (κ3) is 2.33. The van der Waals surface area contributed by atoms with Gasteiger partial charge in [0.15, 0.2) is 12.4 Å². The number of nitrogens with two attached hydrogens (primary N) is 1. The highest BCUT2D eigenvalue weighted by Gasteiger charge is 2.13. The maximum absolute atomic E-state index is 5.78. The van der Waals surface area contributed by atoms with Crippen molar-refractivity contribution in [2.45, 2.75) is 6.61 Å². The van der Waals surface area contributed by atoms with Crippen LogP contribution in [0.3, 0.4) is 0 Å². The molecule has 0 saturated heterocycles. The van der Waals surface area contributed by atoms with Gasteiger partial charge in [-0.15, -0.1) is 0 Å². The second-order valence-corrected chi connectivity index (χ2v) is 4.20. The molecule has 1 aromatic carbocycles. The summed E-state index contributed by atoms with van der Waals surface area (Å²) in [5.41, 5.74) is 6.35. The van der Waals surface area contributed by atoms with Crippen molar-refractivity contribution in [3.8, 4) is 17.4 Å². The molecule has 20 heavy (non-hydrogen) atoms. The van der Waals surface area contributed by atoms with Crippen molar-refractivity contribution in [1.29, 1.82) is 0 Å². The Morgan fingerprint density at radius 3 is 2.95 bits per heavy atom. The van der Waals surface area contributed by atoms with E-state index in [4.69, 9.17) is 15.0 Å². The summed E-state index contributed by atoms with van der Waals surface area (Å²) in [5.74, 6) is 2.02. The summed E-state index contributed by atoms with van der Waals surface area (Å²) in [6, 6.07) is 7.24. The fraction of sp³-hybridized carbons (Fsp3) is 0.154. The molecule has 3 aromatic rings. The summed E-state index contributed by atoms with van der Waals surface area (Å²) in [6.07, 6.45) is 3.49. The Morgan fingerprint density at radius 1 is 1.35 bits per heavy atom. The van der Waals surface area contributed by atoms with Gasteiger partial charge in [-0.2, -0.15) is 4.98 Å². The van der Waals surface area contributed by atoms with Crippen LogP contribution in [0.4, 0.5) is 5.69 Å². The Morgan fingerprint density at radius 2 is 2.20 bits per heavy atom. The molecule has 0 aliphatic heterocycles. The molecule has 2 N–H and O–H groups in total. The van der Waals surface area contributed by atoms with Gasteiger partial charge in [0.25, 0.3) is 5.89 Å². The van der Waals surface area contributed by atoms with E-state index in [9.17, 15) is 0 Å². The summed E-state index contributed by atoms with van der Waals surface area (Å²) in [4.78, 5) is 8.38. The number of hydrogen-bond donors (Lipinski definition) is 1. The zero-order valence-electron chi connectivity index (χ0n) is 10.9. The average Bonchev–Trinajstić information content (AvgIpc) is 3.06. The first kappa shape index (κ1) is 12.2. The third-order valence-corrected chi connectivity index (χ3v) is 2.76. The van der Waals surface area contributed by atoms with E-state index in [1.54, 1.807) is 18.3 Å². The number of nitrogens with zero attached hydrogens (tertiary/aromatic N) is 4. The number of benzene rings is 1. The molecule has 7 nitrogen and oxygen atoms in total. The lowest BCUT2D eigenvalue weighted by atomic mass is 10.3. The van der Waals surface area contributed by atoms with Crippen molar-refractivity contribution in [2.24, 2.45) is 7.05 Å². The Balaban J connectivity index is 1.72. The van der Waals surface area contributed by atoms with Crippen LogP contribution in [0, 0.1) is 0 Å². The Kier molecular flexibility index (Phi) is 3.08. The van der Waals surface area contributed by atoms with E-state index in [-0.39, 0.29) is 6.61 Å². The van der Waals surface area contributed by atoms with Gasteiger partial charge in [0.1, 0.15) is 5.75 Å². The molecule has 0 bridgehead atoms. The van der Waals surface area contributed by atoms with Crippen LogP contribution in [-0.4, -0.2) is 19.7 Å². The molecule has 0 aliphatic carbocycles. The maximum Gasteiger partial charge on any atom is 0.264 e. The lowest BCUT2D eigenvalue weighted by Gasteiger charge is -2.05. The number of aryl methyl sites for hydroxylation is 1. The molecule has 102 valence electrons. The molecule has 0 atom stereocenters. The molecule has 0 radical (unpaired) electrons. The predicted molar refractivity (Wildman–Crippen MR) is 71.7 cm³/mol. The first-order valence-corrected chi connectivity index (χ1v) is 6.01. The van der Waals surface area contributed by atoms with Crippen LogP contribution in [0.25, 0.3) is 11.6 Å². The van der Waals surface area contributed by atoms with Gasteiger partial charge in [-0.05, 0) is 12.1 Å². The molecule has 0 saturated carbocycles. The van der Waals surface area contributed by atoms with E-state index in [0.29, 0.717) is 29.0 Å². The fourth-order valence-electron chi connectivity index (χ4n) is 1.74. The van der Waals surface area contributed by atoms with Gasteiger partial charge >= 0.3 is 0 Å². The molecule has 2 heterocycles. The largest absolute Gasteiger partial charge is 0.482 e. The SMILES string of the molecule is Cn1ccnc1-c1noc(COc2ccccc2N)n1. The lowest BCUT2D eigenvalue weighted by molar-refractivity contribution is 0.244. The molecule has 0 spiro atoms. The quantitative estimate of drug-likeness (QED) is 0.725. The summed E-state index contributed by atoms with van der Waals surface area (Å²) in [5, 5.41) is 3.87. The van der Waals surface area contributed by atoms with Gasteiger partial charge in [0, 0.05) is 19.4 Å². The zero-order chi connectivity index (χ0) is 13.9. The number of anilines is 1. The highest BCUT2D eigenvalue weighted by Crippen LogP contribution is 2.21. The van der Waals surface area contributed by atoms with E-state index in [1.165, 1.54) is 0 Å². The molecule has 0 fully saturated rings. The van der Waals surface area contributed by atoms with Crippen LogP contribution >= 0.6 is 0 Å². The third-order valence-electron chi connectivity index (χ3n) is 2.76. The Hall–Kier alpha value is -2.83. The smallest absolute Gasteiger partial charge is 0.264 e. The summed E-state index contributed by atoms with van der Waals surface area (Å²) >= 11 is 0. The molecule has 3 rings (SSSR count). The molecule has 0 unspecified atom stereocenters. The first-order chi connectivity index (χ1) is 9.74. The van der Waals surface area contributed by atoms with Gasteiger partial charge < -0.3 is 19.6 Å². The van der Waals surface area contributed by atoms with Crippen molar-refractivity contribution >= 4 is 5.69 Å². The number of aromatic nitrogens is 4. The topological polar surface area (TPSA) is 92.0 Å². The molecule has 2 aromatic heterocycles. The average molecular weight is 271 g/mol. The van der Waals surface area contributed by atoms with Crippen molar-refractivity contribution in [3.05, 3.63) is 42.5 Å². The Bertz CT molecular complexity index is 719. The number of para-hydroxylation sites is 2. The normalized spacial score (nSPS) is 10.7. The highest BCUT2D eigenvalue weighted by atomic mass is 16.5. The summed E-state index contributed by atoms with van der Waals surface area (Å²) in [7, 11) is 1.86. The minimum Gasteiger partial charge on any atom is -0.482 e. The number of rotatable bonds is 4. The minimum absolute atomic E-state index is 0.158. The summed E-state index contributed by atoms with van der Waals surface area (Å²) < 4.78 is 12.5. The van der Waals surface area contributed by atoms with Gasteiger partial charge in [0.2, 0.25) is 5.82 Å². The van der Waals surface area contributed by atoms with Crippen LogP contribution in [-0.2, 0) is 13.7 Å². The fourth-order valence-corrected chi connectivity index (χ4v) is 1.74. The zero-order valence-corrected chi connectivity index (χ0v) is 10.9. The van der Waals surface area contributed by atoms with Crippen molar-refractivity contribution < 1.29 is 9.26 Å². The first-order valence-electron chi connectivity index (χ1n) is 6.01. The van der Waals surface area contributed by atoms with Crippen molar-refractivity contribution in [3.63, 3.8) is 0 Å². The number of nitrogen functional groups attached to an aromatic ring is 1. The lowest BCUT2D eigenvalue weighted by Crippen LogP contribution is -1.99. The van der Waals surface area contributed by atoms with Crippen molar-refractivity contribution in [2.75, 3.05) is 5.73 Å². The molecule has 7 heteroatoms. The van der Waals surface area contributed by atoms with E-state index >= 15 is 0 Å². The standard InChI is InChI=1S/C13H13N5O2/c1-18-7-6-15-13(18)12-16-11(20-17-12)8-19-10-5-3-2-4-9(10)14/h2-7H,8,14H2,1H3. The highest BCUT2D eigenvalue weighted by molar-refractivity contribution is 5.51. The summed E-state index contributed by atoms with van der Waals surface area (Å²) in [6.45, 7) is 0.158. The number of imidazole rings is 1. The van der Waals surface area contributed by atoms with Crippen LogP contribution < -0.4 is 10.5 Å². The Labute approximate surface area is 115 Å². The van der Waals surface area contributed by atoms with Gasteiger partial charge in [0.05, 0.1) is 5.69 Å². The predicted octanol–water partition coefficient (Wildman–Crippen LogP) is 1.63. The van der Waals surface area contributed by atoms with Crippen LogP contribution in [0.5, 0.6) is 5.75 Å². The van der Waals surface area contributed by atoms with Crippen molar-refractivity contribution in [1.82, 2.24) is 19.7 Å². The van der Waals surface area contributed by atoms with E-state index in [2.05, 4.69) is 15.1 Å². The molecule has 0 aliphatic rings. The molecular formula is C13H13N5O2. The van der Waals surface area contributed by atoms with E-state index in [0.717, 1.165) is 0 Å². The second-order valence-electron chi connectivity index (χ2n) is 4.20. The molecular weight excluding hydrogens is 258 g/mol. The van der Waals surface area contributed by atoms with Gasteiger partial charge in [-0.3, -0.25) is 0 Å². The van der Waals surface area contributed by atoms with E-state index < -0.39 is 0 Å². The molecule has 0 amide bonds. The second kappa shape index (κ2) is 5.04. The van der Waals surface area contributed by atoms with Crippen LogP contribution in [0.2, 0.25) is 0 Å². The van der Waals surface area contributed by atoms with Gasteiger partial charge in [-0.1, -0.05) is 17.3 Å². The van der Waals surface area contributed by atoms with Crippen LogP contribution in [0.1, 0.15) is 5.89 Å². The van der Waals surface area contributed by atoms with Crippen LogP contribution in [0.15, 0.2) is 41.2 Å². The number of ether oxygens (including phenoxy) is 1. The maximum atomic E-state index is 5.78. The van der Waals surface area contributed by atoms with E-state index in [1.807, 2.05) is 29.9 Å². The monoisotopic (exact) mass is 271 g/mol. The number of hydrogen-bond acceptors (Lipinski definition) is 6. The van der Waals surface area contributed by atoms with Gasteiger partial charge in [-0.25, -0.2) is 4.98 Å².